The molecule has 1 unspecified atom stereocenters. The van der Waals surface area contributed by atoms with E-state index in [1.54, 1.807) is 38.3 Å². The van der Waals surface area contributed by atoms with Crippen LogP contribution in [0, 0.1) is 11.3 Å². The van der Waals surface area contributed by atoms with E-state index < -0.39 is 6.10 Å². The number of ether oxygens (including phenoxy) is 2. The molecule has 0 saturated carbocycles. The van der Waals surface area contributed by atoms with Gasteiger partial charge >= 0.3 is 0 Å². The van der Waals surface area contributed by atoms with Gasteiger partial charge < -0.3 is 14.8 Å². The molecule has 0 saturated heterocycles. The summed E-state index contributed by atoms with van der Waals surface area (Å²) in [5, 5.41) is 11.7. The summed E-state index contributed by atoms with van der Waals surface area (Å²) in [6, 6.07) is 14.4. The smallest absolute Gasteiger partial charge is 0.265 e. The number of hydrogen-bond donors (Lipinski definition) is 1. The molecule has 1 N–H and O–H groups in total. The van der Waals surface area contributed by atoms with Crippen molar-refractivity contribution in [2.75, 3.05) is 12.4 Å². The number of carbonyl (C=O) groups excluding carboxylic acids is 1. The third-order valence-corrected chi connectivity index (χ3v) is 3.99. The average Bonchev–Trinajstić information content (AvgIpc) is 2.61. The second kappa shape index (κ2) is 7.92. The van der Waals surface area contributed by atoms with Crippen LogP contribution in [0.25, 0.3) is 0 Å². The van der Waals surface area contributed by atoms with Gasteiger partial charge in [-0.1, -0.05) is 26.8 Å². The molecule has 0 aliphatic rings. The van der Waals surface area contributed by atoms with Gasteiger partial charge in [0.1, 0.15) is 11.5 Å². The molecule has 0 aliphatic carbocycles. The van der Waals surface area contributed by atoms with Gasteiger partial charge in [-0.25, -0.2) is 0 Å². The number of anilines is 1. The number of methoxy groups -OCH3 is 1. The summed E-state index contributed by atoms with van der Waals surface area (Å²) < 4.78 is 11.0. The number of benzene rings is 2. The Kier molecular flexibility index (Phi) is 5.89. The first-order chi connectivity index (χ1) is 12.2. The average molecular weight is 352 g/mol. The van der Waals surface area contributed by atoms with Gasteiger partial charge in [0.25, 0.3) is 5.91 Å². The van der Waals surface area contributed by atoms with E-state index in [1.165, 1.54) is 0 Å². The van der Waals surface area contributed by atoms with Crippen LogP contribution in [0.1, 0.15) is 38.8 Å². The molecule has 136 valence electrons. The summed E-state index contributed by atoms with van der Waals surface area (Å²) >= 11 is 0. The van der Waals surface area contributed by atoms with Crippen LogP contribution in [0.4, 0.5) is 5.69 Å². The van der Waals surface area contributed by atoms with Crippen molar-refractivity contribution in [3.63, 3.8) is 0 Å². The van der Waals surface area contributed by atoms with E-state index in [2.05, 4.69) is 26.1 Å². The number of carbonyl (C=O) groups is 1. The molecule has 0 aliphatic heterocycles. The lowest BCUT2D eigenvalue weighted by molar-refractivity contribution is -0.122. The first-order valence-electron chi connectivity index (χ1n) is 8.41. The lowest BCUT2D eigenvalue weighted by Gasteiger charge is -2.22. The molecule has 0 aromatic heterocycles. The molecule has 5 heteroatoms. The molecule has 0 bridgehead atoms. The largest absolute Gasteiger partial charge is 0.495 e. The highest BCUT2D eigenvalue weighted by atomic mass is 16.5. The molecule has 2 aromatic rings. The van der Waals surface area contributed by atoms with Crippen molar-refractivity contribution in [3.05, 3.63) is 53.6 Å². The van der Waals surface area contributed by atoms with Crippen LogP contribution in [-0.2, 0) is 10.2 Å². The van der Waals surface area contributed by atoms with Gasteiger partial charge in [0.05, 0.1) is 24.4 Å². The number of nitriles is 1. The van der Waals surface area contributed by atoms with Gasteiger partial charge in [-0.15, -0.1) is 0 Å². The fourth-order valence-electron chi connectivity index (χ4n) is 2.37. The molecular weight excluding hydrogens is 328 g/mol. The SMILES string of the molecule is COc1ccc(C(C)(C)C)cc1NC(=O)C(C)Oc1ccc(C#N)cc1. The van der Waals surface area contributed by atoms with Crippen molar-refractivity contribution in [3.8, 4) is 17.6 Å². The lowest BCUT2D eigenvalue weighted by Crippen LogP contribution is -2.30. The predicted octanol–water partition coefficient (Wildman–Crippen LogP) is 4.27. The molecule has 1 atom stereocenters. The second-order valence-corrected chi connectivity index (χ2v) is 7.05. The highest BCUT2D eigenvalue weighted by Gasteiger charge is 2.20. The minimum Gasteiger partial charge on any atom is -0.495 e. The van der Waals surface area contributed by atoms with E-state index in [1.807, 2.05) is 24.3 Å². The third-order valence-electron chi connectivity index (χ3n) is 3.99. The Morgan fingerprint density at radius 3 is 2.35 bits per heavy atom. The first-order valence-corrected chi connectivity index (χ1v) is 8.41. The Bertz CT molecular complexity index is 815. The number of hydrogen-bond acceptors (Lipinski definition) is 4. The standard InChI is InChI=1S/C21H24N2O3/c1-14(26-17-9-6-15(13-22)7-10-17)20(24)23-18-12-16(21(2,3)4)8-11-19(18)25-5/h6-12,14H,1-5H3,(H,23,24). The van der Waals surface area contributed by atoms with E-state index >= 15 is 0 Å². The van der Waals surface area contributed by atoms with Crippen LogP contribution in [-0.4, -0.2) is 19.1 Å². The van der Waals surface area contributed by atoms with Crippen LogP contribution in [0.5, 0.6) is 11.5 Å². The molecule has 0 spiro atoms. The molecule has 2 rings (SSSR count). The molecule has 2 aromatic carbocycles. The van der Waals surface area contributed by atoms with Crippen molar-refractivity contribution >= 4 is 11.6 Å². The Hall–Kier alpha value is -3.00. The lowest BCUT2D eigenvalue weighted by atomic mass is 9.87. The maximum absolute atomic E-state index is 12.5. The fourth-order valence-corrected chi connectivity index (χ4v) is 2.37. The zero-order valence-electron chi connectivity index (χ0n) is 15.8. The summed E-state index contributed by atoms with van der Waals surface area (Å²) in [6.45, 7) is 8.00. The van der Waals surface area contributed by atoms with Crippen molar-refractivity contribution in [2.24, 2.45) is 0 Å². The number of nitrogens with zero attached hydrogens (tertiary/aromatic N) is 1. The van der Waals surface area contributed by atoms with Crippen LogP contribution < -0.4 is 14.8 Å². The highest BCUT2D eigenvalue weighted by molar-refractivity contribution is 5.95. The summed E-state index contributed by atoms with van der Waals surface area (Å²) in [5.41, 5.74) is 2.20. The second-order valence-electron chi connectivity index (χ2n) is 7.05. The van der Waals surface area contributed by atoms with Gasteiger partial charge in [0.2, 0.25) is 0 Å². The quantitative estimate of drug-likeness (QED) is 0.872. The molecule has 26 heavy (non-hydrogen) atoms. The van der Waals surface area contributed by atoms with Gasteiger partial charge in [-0.3, -0.25) is 4.79 Å². The van der Waals surface area contributed by atoms with Gasteiger partial charge in [0.15, 0.2) is 6.10 Å². The van der Waals surface area contributed by atoms with Crippen LogP contribution in [0.3, 0.4) is 0 Å². The molecule has 5 nitrogen and oxygen atoms in total. The predicted molar refractivity (Wildman–Crippen MR) is 102 cm³/mol. The first kappa shape index (κ1) is 19.3. The molecule has 0 heterocycles. The molecule has 0 radical (unpaired) electrons. The Morgan fingerprint density at radius 1 is 1.15 bits per heavy atom. The topological polar surface area (TPSA) is 71.3 Å². The Balaban J connectivity index is 2.13. The fraction of sp³-hybridized carbons (Fsp3) is 0.333. The van der Waals surface area contributed by atoms with Gasteiger partial charge in [0, 0.05) is 0 Å². The van der Waals surface area contributed by atoms with Crippen LogP contribution in [0.2, 0.25) is 0 Å². The van der Waals surface area contributed by atoms with E-state index in [4.69, 9.17) is 14.7 Å². The van der Waals surface area contributed by atoms with Crippen molar-refractivity contribution in [2.45, 2.75) is 39.2 Å². The summed E-state index contributed by atoms with van der Waals surface area (Å²) in [6.07, 6.45) is -0.703. The number of rotatable bonds is 5. The van der Waals surface area contributed by atoms with E-state index in [-0.39, 0.29) is 11.3 Å². The maximum Gasteiger partial charge on any atom is 0.265 e. The van der Waals surface area contributed by atoms with Crippen LogP contribution >= 0.6 is 0 Å². The van der Waals surface area contributed by atoms with Crippen molar-refractivity contribution < 1.29 is 14.3 Å². The number of nitrogens with one attached hydrogen (secondary N) is 1. The normalized spacial score (nSPS) is 12.0. The highest BCUT2D eigenvalue weighted by Crippen LogP contribution is 2.31. The number of amides is 1. The molecular formula is C21H24N2O3. The van der Waals surface area contributed by atoms with E-state index in [9.17, 15) is 4.79 Å². The van der Waals surface area contributed by atoms with Crippen LogP contribution in [0.15, 0.2) is 42.5 Å². The summed E-state index contributed by atoms with van der Waals surface area (Å²) in [5.74, 6) is 0.845. The Morgan fingerprint density at radius 2 is 1.81 bits per heavy atom. The zero-order valence-corrected chi connectivity index (χ0v) is 15.8. The van der Waals surface area contributed by atoms with E-state index in [0.717, 1.165) is 5.56 Å². The molecule has 1 amide bonds. The minimum atomic E-state index is -0.703. The Labute approximate surface area is 154 Å². The minimum absolute atomic E-state index is 0.0453. The van der Waals surface area contributed by atoms with Crippen molar-refractivity contribution in [1.82, 2.24) is 0 Å². The maximum atomic E-state index is 12.5. The third kappa shape index (κ3) is 4.76. The van der Waals surface area contributed by atoms with Crippen molar-refractivity contribution in [1.29, 1.82) is 5.26 Å². The summed E-state index contributed by atoms with van der Waals surface area (Å²) in [4.78, 5) is 12.5. The van der Waals surface area contributed by atoms with Gasteiger partial charge in [-0.2, -0.15) is 5.26 Å². The van der Waals surface area contributed by atoms with Gasteiger partial charge in [-0.05, 0) is 54.3 Å². The monoisotopic (exact) mass is 352 g/mol. The zero-order chi connectivity index (χ0) is 19.3. The van der Waals surface area contributed by atoms with E-state index in [0.29, 0.717) is 22.7 Å². The molecule has 0 fully saturated rings. The summed E-state index contributed by atoms with van der Waals surface area (Å²) in [7, 11) is 1.57.